The highest BCUT2D eigenvalue weighted by Crippen LogP contribution is 2.02. The lowest BCUT2D eigenvalue weighted by molar-refractivity contribution is 0.677. The second-order valence-corrected chi connectivity index (χ2v) is 4.44. The highest BCUT2D eigenvalue weighted by atomic mass is 79.9. The van der Waals surface area contributed by atoms with Crippen molar-refractivity contribution >= 4 is 27.7 Å². The minimum atomic E-state index is 0.00144. The van der Waals surface area contributed by atoms with Crippen LogP contribution in [0.15, 0.2) is 15.5 Å². The predicted octanol–water partition coefficient (Wildman–Crippen LogP) is 1.68. The fourth-order valence-electron chi connectivity index (χ4n) is 0.997. The SMILES string of the molecule is CSCCn1c(C)ncc(Br)c1=O. The van der Waals surface area contributed by atoms with Gasteiger partial charge in [-0.1, -0.05) is 0 Å². The van der Waals surface area contributed by atoms with Gasteiger partial charge in [-0.05, 0) is 29.1 Å². The Morgan fingerprint density at radius 1 is 1.69 bits per heavy atom. The van der Waals surface area contributed by atoms with Gasteiger partial charge in [0.1, 0.15) is 10.3 Å². The lowest BCUT2D eigenvalue weighted by Gasteiger charge is -2.07. The van der Waals surface area contributed by atoms with Crippen LogP contribution in [-0.2, 0) is 6.54 Å². The van der Waals surface area contributed by atoms with E-state index in [9.17, 15) is 4.79 Å². The van der Waals surface area contributed by atoms with Crippen LogP contribution in [0.5, 0.6) is 0 Å². The number of rotatable bonds is 3. The number of aromatic nitrogens is 2. The standard InChI is InChI=1S/C8H11BrN2OS/c1-6-10-5-7(9)8(12)11(6)3-4-13-2/h5H,3-4H2,1-2H3. The molecule has 0 aromatic carbocycles. The van der Waals surface area contributed by atoms with Gasteiger partial charge in [-0.2, -0.15) is 11.8 Å². The Hall–Kier alpha value is -0.290. The average molecular weight is 263 g/mol. The lowest BCUT2D eigenvalue weighted by atomic mass is 10.5. The van der Waals surface area contributed by atoms with Crippen molar-refractivity contribution in [1.82, 2.24) is 9.55 Å². The number of thioether (sulfide) groups is 1. The molecule has 13 heavy (non-hydrogen) atoms. The zero-order valence-electron chi connectivity index (χ0n) is 7.58. The van der Waals surface area contributed by atoms with E-state index in [0.29, 0.717) is 4.47 Å². The van der Waals surface area contributed by atoms with Crippen molar-refractivity contribution in [3.63, 3.8) is 0 Å². The Morgan fingerprint density at radius 3 is 3.00 bits per heavy atom. The summed E-state index contributed by atoms with van der Waals surface area (Å²) in [5.41, 5.74) is 0.00144. The van der Waals surface area contributed by atoms with Gasteiger partial charge in [0.05, 0.1) is 0 Å². The van der Waals surface area contributed by atoms with Crippen LogP contribution < -0.4 is 5.56 Å². The van der Waals surface area contributed by atoms with E-state index in [-0.39, 0.29) is 5.56 Å². The summed E-state index contributed by atoms with van der Waals surface area (Å²) < 4.78 is 2.21. The van der Waals surface area contributed by atoms with Gasteiger partial charge in [0.25, 0.3) is 5.56 Å². The van der Waals surface area contributed by atoms with Gasteiger partial charge >= 0.3 is 0 Å². The fraction of sp³-hybridized carbons (Fsp3) is 0.500. The lowest BCUT2D eigenvalue weighted by Crippen LogP contribution is -2.24. The first kappa shape index (κ1) is 10.8. The van der Waals surface area contributed by atoms with E-state index in [2.05, 4.69) is 20.9 Å². The van der Waals surface area contributed by atoms with Gasteiger partial charge in [-0.3, -0.25) is 9.36 Å². The molecule has 0 N–H and O–H groups in total. The molecule has 0 bridgehead atoms. The monoisotopic (exact) mass is 262 g/mol. The van der Waals surface area contributed by atoms with Crippen LogP contribution in [-0.4, -0.2) is 21.6 Å². The smallest absolute Gasteiger partial charge is 0.267 e. The van der Waals surface area contributed by atoms with E-state index in [0.717, 1.165) is 18.1 Å². The van der Waals surface area contributed by atoms with Gasteiger partial charge < -0.3 is 0 Å². The van der Waals surface area contributed by atoms with Gasteiger partial charge in [0, 0.05) is 18.5 Å². The first-order valence-corrected chi connectivity index (χ1v) is 6.06. The molecule has 0 aliphatic heterocycles. The van der Waals surface area contributed by atoms with Crippen LogP contribution in [0.3, 0.4) is 0 Å². The Kier molecular flexibility index (Phi) is 3.99. The van der Waals surface area contributed by atoms with Crippen molar-refractivity contribution in [1.29, 1.82) is 0 Å². The summed E-state index contributed by atoms with van der Waals surface area (Å²) in [5, 5.41) is 0. The molecule has 0 aliphatic rings. The third kappa shape index (κ3) is 2.57. The molecule has 72 valence electrons. The van der Waals surface area contributed by atoms with Crippen LogP contribution in [0.25, 0.3) is 0 Å². The molecule has 0 atom stereocenters. The van der Waals surface area contributed by atoms with Crippen molar-refractivity contribution in [3.8, 4) is 0 Å². The molecule has 0 fully saturated rings. The highest BCUT2D eigenvalue weighted by Gasteiger charge is 2.03. The van der Waals surface area contributed by atoms with Crippen molar-refractivity contribution in [3.05, 3.63) is 26.8 Å². The third-order valence-corrected chi connectivity index (χ3v) is 2.86. The molecule has 5 heteroatoms. The van der Waals surface area contributed by atoms with Crippen LogP contribution in [0.1, 0.15) is 5.82 Å². The second-order valence-electron chi connectivity index (χ2n) is 2.60. The zero-order chi connectivity index (χ0) is 9.84. The van der Waals surface area contributed by atoms with Gasteiger partial charge in [-0.25, -0.2) is 4.98 Å². The van der Waals surface area contributed by atoms with E-state index >= 15 is 0 Å². The van der Waals surface area contributed by atoms with Gasteiger partial charge in [0.15, 0.2) is 0 Å². The van der Waals surface area contributed by atoms with Crippen molar-refractivity contribution in [2.24, 2.45) is 0 Å². The summed E-state index contributed by atoms with van der Waals surface area (Å²) in [6.45, 7) is 2.56. The van der Waals surface area contributed by atoms with E-state index in [1.807, 2.05) is 13.2 Å². The fourth-order valence-corrected chi connectivity index (χ4v) is 1.68. The molecule has 1 aromatic rings. The minimum Gasteiger partial charge on any atom is -0.295 e. The molecule has 0 amide bonds. The molecule has 0 unspecified atom stereocenters. The van der Waals surface area contributed by atoms with Crippen LogP contribution >= 0.6 is 27.7 Å². The minimum absolute atomic E-state index is 0.00144. The Morgan fingerprint density at radius 2 is 2.38 bits per heavy atom. The average Bonchev–Trinajstić information content (AvgIpc) is 2.12. The number of aryl methyl sites for hydroxylation is 1. The molecule has 1 aromatic heterocycles. The van der Waals surface area contributed by atoms with Gasteiger partial charge in [0.2, 0.25) is 0 Å². The van der Waals surface area contributed by atoms with Crippen molar-refractivity contribution in [2.45, 2.75) is 13.5 Å². The number of hydrogen-bond donors (Lipinski definition) is 0. The zero-order valence-corrected chi connectivity index (χ0v) is 9.98. The maximum Gasteiger partial charge on any atom is 0.267 e. The normalized spacial score (nSPS) is 10.4. The quantitative estimate of drug-likeness (QED) is 0.832. The largest absolute Gasteiger partial charge is 0.295 e. The second kappa shape index (κ2) is 4.81. The summed E-state index contributed by atoms with van der Waals surface area (Å²) in [4.78, 5) is 15.7. The van der Waals surface area contributed by atoms with Crippen molar-refractivity contribution in [2.75, 3.05) is 12.0 Å². The molecule has 0 spiro atoms. The molecule has 3 nitrogen and oxygen atoms in total. The van der Waals surface area contributed by atoms with E-state index in [1.54, 1.807) is 22.5 Å². The van der Waals surface area contributed by atoms with Crippen LogP contribution in [0.2, 0.25) is 0 Å². The van der Waals surface area contributed by atoms with Crippen LogP contribution in [0.4, 0.5) is 0 Å². The van der Waals surface area contributed by atoms with Crippen LogP contribution in [0, 0.1) is 6.92 Å². The summed E-state index contributed by atoms with van der Waals surface area (Å²) in [6, 6.07) is 0. The molecule has 1 rings (SSSR count). The summed E-state index contributed by atoms with van der Waals surface area (Å²) in [5.74, 6) is 1.70. The maximum absolute atomic E-state index is 11.6. The summed E-state index contributed by atoms with van der Waals surface area (Å²) in [6.07, 6.45) is 3.57. The summed E-state index contributed by atoms with van der Waals surface area (Å²) in [7, 11) is 0. The molecular weight excluding hydrogens is 252 g/mol. The number of halogens is 1. The predicted molar refractivity (Wildman–Crippen MR) is 59.3 cm³/mol. The molecule has 0 saturated carbocycles. The highest BCUT2D eigenvalue weighted by molar-refractivity contribution is 9.10. The topological polar surface area (TPSA) is 34.9 Å². The number of hydrogen-bond acceptors (Lipinski definition) is 3. The first-order chi connectivity index (χ1) is 6.16. The molecular formula is C8H11BrN2OS. The first-order valence-electron chi connectivity index (χ1n) is 3.87. The maximum atomic E-state index is 11.6. The Labute approximate surface area is 89.7 Å². The number of nitrogens with zero attached hydrogens (tertiary/aromatic N) is 2. The molecule has 1 heterocycles. The molecule has 0 saturated heterocycles. The van der Waals surface area contributed by atoms with E-state index in [4.69, 9.17) is 0 Å². The Bertz CT molecular complexity index is 350. The molecule has 0 radical (unpaired) electrons. The Balaban J connectivity index is 3.03. The van der Waals surface area contributed by atoms with Crippen molar-refractivity contribution < 1.29 is 0 Å². The van der Waals surface area contributed by atoms with E-state index < -0.39 is 0 Å². The van der Waals surface area contributed by atoms with E-state index in [1.165, 1.54) is 0 Å². The summed E-state index contributed by atoms with van der Waals surface area (Å²) >= 11 is 4.89. The third-order valence-electron chi connectivity index (χ3n) is 1.72. The molecule has 0 aliphatic carbocycles. The van der Waals surface area contributed by atoms with Gasteiger partial charge in [-0.15, -0.1) is 0 Å².